The maximum absolute atomic E-state index is 13.2. The molecule has 1 aromatic heterocycles. The molecular weight excluding hydrogens is 359 g/mol. The zero-order valence-corrected chi connectivity index (χ0v) is 15.2. The summed E-state index contributed by atoms with van der Waals surface area (Å²) in [7, 11) is -3.30. The van der Waals surface area contributed by atoms with Crippen LogP contribution < -0.4 is 5.32 Å². The Morgan fingerprint density at radius 2 is 2.19 bits per heavy atom. The number of halogens is 1. The SMILES string of the molecule is CS(=O)(=O)N1CCCC(C(=O)Nc2ccn(Cc3cccc(F)c3)n2)C1. The summed E-state index contributed by atoms with van der Waals surface area (Å²) in [5, 5.41) is 7.00. The fraction of sp³-hybridized carbons (Fsp3) is 0.412. The molecule has 0 aliphatic carbocycles. The molecule has 1 fully saturated rings. The normalized spacial score (nSPS) is 18.6. The van der Waals surface area contributed by atoms with E-state index in [1.165, 1.54) is 16.4 Å². The number of sulfonamides is 1. The third-order valence-corrected chi connectivity index (χ3v) is 5.62. The number of anilines is 1. The Balaban J connectivity index is 1.61. The van der Waals surface area contributed by atoms with Crippen molar-refractivity contribution in [3.05, 3.63) is 47.9 Å². The van der Waals surface area contributed by atoms with Crippen molar-refractivity contribution in [2.24, 2.45) is 5.92 Å². The van der Waals surface area contributed by atoms with E-state index in [0.29, 0.717) is 31.7 Å². The molecule has 0 spiro atoms. The lowest BCUT2D eigenvalue weighted by atomic mass is 9.99. The minimum Gasteiger partial charge on any atom is -0.309 e. The molecule has 1 aliphatic rings. The van der Waals surface area contributed by atoms with Crippen molar-refractivity contribution in [3.63, 3.8) is 0 Å². The van der Waals surface area contributed by atoms with Gasteiger partial charge in [0.1, 0.15) is 5.82 Å². The molecule has 0 radical (unpaired) electrons. The first-order valence-electron chi connectivity index (χ1n) is 8.35. The van der Waals surface area contributed by atoms with Gasteiger partial charge in [-0.2, -0.15) is 5.10 Å². The molecule has 1 saturated heterocycles. The summed E-state index contributed by atoms with van der Waals surface area (Å²) in [5.41, 5.74) is 0.766. The molecule has 1 atom stereocenters. The Bertz CT molecular complexity index is 897. The van der Waals surface area contributed by atoms with Gasteiger partial charge in [0.15, 0.2) is 5.82 Å². The molecule has 9 heteroatoms. The third kappa shape index (κ3) is 4.67. The minimum atomic E-state index is -3.30. The van der Waals surface area contributed by atoms with E-state index < -0.39 is 15.9 Å². The molecule has 0 bridgehead atoms. The lowest BCUT2D eigenvalue weighted by Crippen LogP contribution is -2.43. The number of piperidine rings is 1. The second-order valence-corrected chi connectivity index (χ2v) is 8.46. The van der Waals surface area contributed by atoms with Crippen LogP contribution in [-0.2, 0) is 21.4 Å². The molecule has 0 saturated carbocycles. The minimum absolute atomic E-state index is 0.189. The van der Waals surface area contributed by atoms with Gasteiger partial charge in [-0.15, -0.1) is 0 Å². The van der Waals surface area contributed by atoms with Crippen LogP contribution in [0.25, 0.3) is 0 Å². The Labute approximate surface area is 151 Å². The molecule has 1 aromatic carbocycles. The van der Waals surface area contributed by atoms with E-state index in [0.717, 1.165) is 11.8 Å². The Morgan fingerprint density at radius 1 is 1.38 bits per heavy atom. The van der Waals surface area contributed by atoms with Crippen LogP contribution in [0.2, 0.25) is 0 Å². The highest BCUT2D eigenvalue weighted by molar-refractivity contribution is 7.88. The van der Waals surface area contributed by atoms with Gasteiger partial charge in [0, 0.05) is 25.4 Å². The maximum Gasteiger partial charge on any atom is 0.230 e. The number of benzene rings is 1. The van der Waals surface area contributed by atoms with Crippen molar-refractivity contribution < 1.29 is 17.6 Å². The number of hydrogen-bond acceptors (Lipinski definition) is 4. The van der Waals surface area contributed by atoms with Gasteiger partial charge in [0.25, 0.3) is 0 Å². The highest BCUT2D eigenvalue weighted by atomic mass is 32.2. The van der Waals surface area contributed by atoms with Gasteiger partial charge in [0.2, 0.25) is 15.9 Å². The number of hydrogen-bond donors (Lipinski definition) is 1. The zero-order chi connectivity index (χ0) is 18.7. The molecule has 2 heterocycles. The largest absolute Gasteiger partial charge is 0.309 e. The highest BCUT2D eigenvalue weighted by Crippen LogP contribution is 2.20. The first-order valence-corrected chi connectivity index (χ1v) is 10.2. The molecule has 2 aromatic rings. The number of carbonyl (C=O) groups is 1. The van der Waals surface area contributed by atoms with Crippen LogP contribution in [0.1, 0.15) is 18.4 Å². The molecule has 140 valence electrons. The number of amides is 1. The summed E-state index contributed by atoms with van der Waals surface area (Å²) in [5.74, 6) is -0.556. The van der Waals surface area contributed by atoms with Crippen LogP contribution >= 0.6 is 0 Å². The number of nitrogens with zero attached hydrogens (tertiary/aromatic N) is 3. The highest BCUT2D eigenvalue weighted by Gasteiger charge is 2.30. The predicted octanol–water partition coefficient (Wildman–Crippen LogP) is 1.68. The Hall–Kier alpha value is -2.26. The molecule has 1 N–H and O–H groups in total. The molecule has 3 rings (SSSR count). The van der Waals surface area contributed by atoms with Crippen LogP contribution in [0.3, 0.4) is 0 Å². The van der Waals surface area contributed by atoms with Crippen LogP contribution in [0, 0.1) is 11.7 Å². The summed E-state index contributed by atoms with van der Waals surface area (Å²) in [6, 6.07) is 7.90. The fourth-order valence-corrected chi connectivity index (χ4v) is 3.94. The van der Waals surface area contributed by atoms with Gasteiger partial charge in [0.05, 0.1) is 18.7 Å². The van der Waals surface area contributed by atoms with Crippen molar-refractivity contribution in [2.75, 3.05) is 24.7 Å². The van der Waals surface area contributed by atoms with E-state index in [1.54, 1.807) is 29.1 Å². The fourth-order valence-electron chi connectivity index (χ4n) is 3.02. The third-order valence-electron chi connectivity index (χ3n) is 4.35. The quantitative estimate of drug-likeness (QED) is 0.855. The zero-order valence-electron chi connectivity index (χ0n) is 14.4. The first-order chi connectivity index (χ1) is 12.3. The molecule has 1 amide bonds. The maximum atomic E-state index is 13.2. The Morgan fingerprint density at radius 3 is 2.92 bits per heavy atom. The van der Waals surface area contributed by atoms with Gasteiger partial charge in [-0.25, -0.2) is 17.1 Å². The van der Waals surface area contributed by atoms with Gasteiger partial charge in [-0.1, -0.05) is 12.1 Å². The second-order valence-electron chi connectivity index (χ2n) is 6.48. The monoisotopic (exact) mass is 380 g/mol. The summed E-state index contributed by atoms with van der Waals surface area (Å²) >= 11 is 0. The van der Waals surface area contributed by atoms with E-state index >= 15 is 0 Å². The summed E-state index contributed by atoms with van der Waals surface area (Å²) in [6.07, 6.45) is 4.15. The lowest BCUT2D eigenvalue weighted by molar-refractivity contribution is -0.120. The van der Waals surface area contributed by atoms with Gasteiger partial charge in [-0.3, -0.25) is 9.48 Å². The number of rotatable bonds is 5. The standard InChI is InChI=1S/C17H21FN4O3S/c1-26(24,25)22-8-3-5-14(12-22)17(23)19-16-7-9-21(20-16)11-13-4-2-6-15(18)10-13/h2,4,6-7,9-10,14H,3,5,8,11-12H2,1H3,(H,19,20,23). The van der Waals surface area contributed by atoms with Crippen LogP contribution in [-0.4, -0.2) is 47.8 Å². The van der Waals surface area contributed by atoms with E-state index in [1.807, 2.05) is 0 Å². The first kappa shape index (κ1) is 18.5. The van der Waals surface area contributed by atoms with Gasteiger partial charge >= 0.3 is 0 Å². The average Bonchev–Trinajstić information content (AvgIpc) is 3.01. The lowest BCUT2D eigenvalue weighted by Gasteiger charge is -2.29. The molecule has 1 unspecified atom stereocenters. The number of aromatic nitrogens is 2. The van der Waals surface area contributed by atoms with Crippen molar-refractivity contribution in [1.29, 1.82) is 0 Å². The van der Waals surface area contributed by atoms with Crippen molar-refractivity contribution >= 4 is 21.7 Å². The topological polar surface area (TPSA) is 84.3 Å². The Kier molecular flexibility index (Phi) is 5.38. The van der Waals surface area contributed by atoms with E-state index in [9.17, 15) is 17.6 Å². The summed E-state index contributed by atoms with van der Waals surface area (Å²) in [6.45, 7) is 1.03. The van der Waals surface area contributed by atoms with Crippen LogP contribution in [0.15, 0.2) is 36.5 Å². The van der Waals surface area contributed by atoms with Crippen LogP contribution in [0.4, 0.5) is 10.2 Å². The number of carbonyl (C=O) groups excluding carboxylic acids is 1. The molecule has 7 nitrogen and oxygen atoms in total. The van der Waals surface area contributed by atoms with Crippen molar-refractivity contribution in [2.45, 2.75) is 19.4 Å². The van der Waals surface area contributed by atoms with Crippen LogP contribution in [0.5, 0.6) is 0 Å². The van der Waals surface area contributed by atoms with Gasteiger partial charge < -0.3 is 5.32 Å². The van der Waals surface area contributed by atoms with E-state index in [-0.39, 0.29) is 18.3 Å². The second kappa shape index (κ2) is 7.55. The molecule has 26 heavy (non-hydrogen) atoms. The summed E-state index contributed by atoms with van der Waals surface area (Å²) in [4.78, 5) is 12.4. The number of nitrogens with one attached hydrogen (secondary N) is 1. The van der Waals surface area contributed by atoms with E-state index in [2.05, 4.69) is 10.4 Å². The van der Waals surface area contributed by atoms with Gasteiger partial charge in [-0.05, 0) is 30.5 Å². The summed E-state index contributed by atoms with van der Waals surface area (Å²) < 4.78 is 39.5. The van der Waals surface area contributed by atoms with Crippen molar-refractivity contribution in [3.8, 4) is 0 Å². The van der Waals surface area contributed by atoms with Crippen molar-refractivity contribution in [1.82, 2.24) is 14.1 Å². The predicted molar refractivity (Wildman–Crippen MR) is 95.5 cm³/mol. The average molecular weight is 380 g/mol. The smallest absolute Gasteiger partial charge is 0.230 e. The molecular formula is C17H21FN4O3S. The molecule has 1 aliphatic heterocycles. The van der Waals surface area contributed by atoms with E-state index in [4.69, 9.17) is 0 Å².